The minimum atomic E-state index is -3.69. The van der Waals surface area contributed by atoms with E-state index in [-0.39, 0.29) is 6.54 Å². The lowest BCUT2D eigenvalue weighted by Crippen LogP contribution is -2.40. The molecule has 1 heterocycles. The first-order valence-corrected chi connectivity index (χ1v) is 6.62. The Balaban J connectivity index is 3.06. The van der Waals surface area contributed by atoms with Crippen molar-refractivity contribution < 1.29 is 18.0 Å². The number of hydrogen-bond donors (Lipinski definition) is 0. The smallest absolute Gasteiger partial charge is 0.255 e. The van der Waals surface area contributed by atoms with Gasteiger partial charge in [0, 0.05) is 0 Å². The molecular formula is C8H13ClN2O4S. The third-order valence-corrected chi connectivity index (χ3v) is 4.68. The van der Waals surface area contributed by atoms with Crippen LogP contribution in [0.5, 0.6) is 0 Å². The van der Waals surface area contributed by atoms with E-state index < -0.39 is 32.7 Å². The van der Waals surface area contributed by atoms with E-state index in [0.29, 0.717) is 4.31 Å². The summed E-state index contributed by atoms with van der Waals surface area (Å²) in [4.78, 5) is 23.4. The summed E-state index contributed by atoms with van der Waals surface area (Å²) in [6, 6.07) is -1.41. The van der Waals surface area contributed by atoms with Crippen LogP contribution in [0.15, 0.2) is 0 Å². The molecule has 6 nitrogen and oxygen atoms in total. The molecule has 0 radical (unpaired) electrons. The molecule has 92 valence electrons. The van der Waals surface area contributed by atoms with Crippen LogP contribution in [-0.2, 0) is 10.0 Å². The Morgan fingerprint density at radius 3 is 2.31 bits per heavy atom. The molecule has 1 saturated heterocycles. The Morgan fingerprint density at radius 2 is 2.00 bits per heavy atom. The van der Waals surface area contributed by atoms with Gasteiger partial charge in [0.1, 0.15) is 0 Å². The molecule has 1 rings (SSSR count). The topological polar surface area (TPSA) is 74.8 Å². The van der Waals surface area contributed by atoms with Gasteiger partial charge in [0.05, 0.1) is 17.8 Å². The van der Waals surface area contributed by atoms with Crippen molar-refractivity contribution in [1.82, 2.24) is 9.21 Å². The lowest BCUT2D eigenvalue weighted by molar-refractivity contribution is 0.199. The van der Waals surface area contributed by atoms with E-state index in [2.05, 4.69) is 0 Å². The summed E-state index contributed by atoms with van der Waals surface area (Å²) in [6.07, 6.45) is 0. The average Bonchev–Trinajstić information content (AvgIpc) is 2.41. The highest BCUT2D eigenvalue weighted by molar-refractivity contribution is 7.90. The predicted octanol–water partition coefficient (Wildman–Crippen LogP) is 1.21. The highest BCUT2D eigenvalue weighted by Crippen LogP contribution is 2.22. The lowest BCUT2D eigenvalue weighted by atomic mass is 10.3. The third kappa shape index (κ3) is 2.01. The summed E-state index contributed by atoms with van der Waals surface area (Å²) >= 11 is 5.21. The van der Waals surface area contributed by atoms with Gasteiger partial charge in [-0.05, 0) is 32.4 Å². The highest BCUT2D eigenvalue weighted by Gasteiger charge is 2.44. The maximum Gasteiger partial charge on any atom is 0.341 e. The minimum Gasteiger partial charge on any atom is -0.255 e. The molecule has 1 aliphatic heterocycles. The van der Waals surface area contributed by atoms with Crippen LogP contribution in [-0.4, -0.2) is 46.9 Å². The largest absolute Gasteiger partial charge is 0.341 e. The summed E-state index contributed by atoms with van der Waals surface area (Å²) in [5.74, 6) is 0. The van der Waals surface area contributed by atoms with E-state index in [4.69, 9.17) is 11.6 Å². The number of carbonyl (C=O) groups excluding carboxylic acids is 2. The fraction of sp³-hybridized carbons (Fsp3) is 0.750. The van der Waals surface area contributed by atoms with Crippen molar-refractivity contribution in [3.63, 3.8) is 0 Å². The third-order valence-electron chi connectivity index (χ3n) is 2.38. The summed E-state index contributed by atoms with van der Waals surface area (Å²) in [6.45, 7) is 4.46. The SMILES string of the molecule is CC1CN(S(=O)(=O)C(C)C)C(=O)N1C(=O)Cl. The number of imide groups is 1. The van der Waals surface area contributed by atoms with Crippen molar-refractivity contribution in [3.05, 3.63) is 0 Å². The second-order valence-electron chi connectivity index (χ2n) is 3.88. The van der Waals surface area contributed by atoms with Gasteiger partial charge in [0.25, 0.3) is 0 Å². The molecule has 16 heavy (non-hydrogen) atoms. The lowest BCUT2D eigenvalue weighted by Gasteiger charge is -2.18. The van der Waals surface area contributed by atoms with Gasteiger partial charge >= 0.3 is 11.4 Å². The molecular weight excluding hydrogens is 256 g/mol. The van der Waals surface area contributed by atoms with Gasteiger partial charge in [-0.1, -0.05) is 0 Å². The van der Waals surface area contributed by atoms with Crippen molar-refractivity contribution in [1.29, 1.82) is 0 Å². The fourth-order valence-corrected chi connectivity index (χ4v) is 2.90. The zero-order valence-corrected chi connectivity index (χ0v) is 10.7. The molecule has 0 aromatic carbocycles. The molecule has 0 aromatic rings. The normalized spacial score (nSPS) is 22.1. The van der Waals surface area contributed by atoms with Gasteiger partial charge in [0.15, 0.2) is 0 Å². The van der Waals surface area contributed by atoms with Gasteiger partial charge in [-0.15, -0.1) is 0 Å². The average molecular weight is 269 g/mol. The molecule has 0 saturated carbocycles. The summed E-state index contributed by atoms with van der Waals surface area (Å²) in [7, 11) is -3.69. The second-order valence-corrected chi connectivity index (χ2v) is 6.62. The zero-order chi connectivity index (χ0) is 12.7. The van der Waals surface area contributed by atoms with E-state index in [9.17, 15) is 18.0 Å². The molecule has 0 bridgehead atoms. The van der Waals surface area contributed by atoms with Gasteiger partial charge in [0.2, 0.25) is 10.0 Å². The second kappa shape index (κ2) is 4.21. The molecule has 3 amide bonds. The molecule has 0 aromatic heterocycles. The van der Waals surface area contributed by atoms with Gasteiger partial charge in [-0.3, -0.25) is 4.79 Å². The Kier molecular flexibility index (Phi) is 3.49. The van der Waals surface area contributed by atoms with Crippen molar-refractivity contribution in [3.8, 4) is 0 Å². The van der Waals surface area contributed by atoms with E-state index in [1.807, 2.05) is 0 Å². The van der Waals surface area contributed by atoms with Crippen LogP contribution in [0.3, 0.4) is 0 Å². The molecule has 0 N–H and O–H groups in total. The van der Waals surface area contributed by atoms with E-state index in [1.54, 1.807) is 6.92 Å². The van der Waals surface area contributed by atoms with Crippen molar-refractivity contribution in [2.75, 3.05) is 6.54 Å². The first-order valence-electron chi connectivity index (χ1n) is 4.73. The number of amides is 3. The van der Waals surface area contributed by atoms with Crippen molar-refractivity contribution in [2.24, 2.45) is 0 Å². The van der Waals surface area contributed by atoms with Gasteiger partial charge in [-0.25, -0.2) is 22.4 Å². The molecule has 8 heteroatoms. The number of urea groups is 1. The highest BCUT2D eigenvalue weighted by atomic mass is 35.5. The Labute approximate surface area is 99.2 Å². The van der Waals surface area contributed by atoms with Crippen LogP contribution in [0.4, 0.5) is 9.59 Å². The Bertz CT molecular complexity index is 420. The number of rotatable bonds is 2. The van der Waals surface area contributed by atoms with Crippen LogP contribution in [0.25, 0.3) is 0 Å². The zero-order valence-electron chi connectivity index (χ0n) is 9.18. The quantitative estimate of drug-likeness (QED) is 0.557. The minimum absolute atomic E-state index is 0.0438. The first kappa shape index (κ1) is 13.2. The molecule has 1 fully saturated rings. The van der Waals surface area contributed by atoms with E-state index in [1.165, 1.54) is 13.8 Å². The van der Waals surface area contributed by atoms with Gasteiger partial charge < -0.3 is 0 Å². The van der Waals surface area contributed by atoms with Crippen molar-refractivity contribution >= 4 is 33.0 Å². The molecule has 0 aliphatic carbocycles. The molecule has 1 unspecified atom stereocenters. The van der Waals surface area contributed by atoms with Crippen LogP contribution in [0, 0.1) is 0 Å². The monoisotopic (exact) mass is 268 g/mol. The van der Waals surface area contributed by atoms with Crippen molar-refractivity contribution in [2.45, 2.75) is 32.1 Å². The fourth-order valence-electron chi connectivity index (χ4n) is 1.42. The predicted molar refractivity (Wildman–Crippen MR) is 58.7 cm³/mol. The maximum atomic E-state index is 11.8. The van der Waals surface area contributed by atoms with Gasteiger partial charge in [-0.2, -0.15) is 0 Å². The van der Waals surface area contributed by atoms with Crippen LogP contribution in [0.1, 0.15) is 20.8 Å². The van der Waals surface area contributed by atoms with E-state index >= 15 is 0 Å². The number of nitrogens with zero attached hydrogens (tertiary/aromatic N) is 2. The first-order chi connectivity index (χ1) is 7.19. The Hall–Kier alpha value is -0.820. The molecule has 1 atom stereocenters. The molecule has 1 aliphatic rings. The maximum absolute atomic E-state index is 11.8. The Morgan fingerprint density at radius 1 is 1.50 bits per heavy atom. The standard InChI is InChI=1S/C8H13ClN2O4S/c1-5(2)16(14,15)10-4-6(3)11(7(9)12)8(10)13/h5-6H,4H2,1-3H3. The summed E-state index contributed by atoms with van der Waals surface area (Å²) in [5.41, 5.74) is 0. The van der Waals surface area contributed by atoms with Crippen LogP contribution >= 0.6 is 11.6 Å². The number of hydrogen-bond acceptors (Lipinski definition) is 4. The van der Waals surface area contributed by atoms with Crippen LogP contribution in [0.2, 0.25) is 0 Å². The van der Waals surface area contributed by atoms with Crippen LogP contribution < -0.4 is 0 Å². The number of halogens is 1. The summed E-state index contributed by atoms with van der Waals surface area (Å²) in [5, 5.41) is -1.67. The number of carbonyl (C=O) groups is 2. The summed E-state index contributed by atoms with van der Waals surface area (Å²) < 4.78 is 24.3. The number of sulfonamides is 1. The van der Waals surface area contributed by atoms with E-state index in [0.717, 1.165) is 4.90 Å². The molecule has 0 spiro atoms.